The van der Waals surface area contributed by atoms with Gasteiger partial charge < -0.3 is 15.4 Å². The maximum Gasteiger partial charge on any atom is 0.225 e. The predicted molar refractivity (Wildman–Crippen MR) is 68.3 cm³/mol. The lowest BCUT2D eigenvalue weighted by atomic mass is 10.5. The fraction of sp³-hybridized carbons (Fsp3) is 0.500. The van der Waals surface area contributed by atoms with E-state index in [9.17, 15) is 0 Å². The average molecular weight is 253 g/mol. The van der Waals surface area contributed by atoms with Crippen LogP contribution in [0.2, 0.25) is 0 Å². The molecular weight excluding hydrogens is 238 g/mol. The third-order valence-electron chi connectivity index (χ3n) is 2.12. The van der Waals surface area contributed by atoms with E-state index in [0.29, 0.717) is 17.3 Å². The Morgan fingerprint density at radius 1 is 1.47 bits per heavy atom. The number of aliphatic hydroxyl groups excluding tert-OH is 1. The smallest absolute Gasteiger partial charge is 0.225 e. The molecule has 0 bridgehead atoms. The van der Waals surface area contributed by atoms with Gasteiger partial charge in [0, 0.05) is 12.3 Å². The molecule has 2 aromatic rings. The van der Waals surface area contributed by atoms with Crippen molar-refractivity contribution in [2.24, 2.45) is 0 Å². The maximum atomic E-state index is 8.86. The molecule has 0 radical (unpaired) electrons. The molecule has 7 heteroatoms. The van der Waals surface area contributed by atoms with Gasteiger partial charge in [0.05, 0.1) is 12.9 Å². The van der Waals surface area contributed by atoms with Gasteiger partial charge in [0.15, 0.2) is 5.65 Å². The monoisotopic (exact) mass is 253 g/mol. The number of aromatic nitrogens is 4. The molecule has 0 aliphatic carbocycles. The summed E-state index contributed by atoms with van der Waals surface area (Å²) in [5.74, 6) is 1.20. The van der Waals surface area contributed by atoms with Crippen LogP contribution in [0.4, 0.5) is 5.95 Å². The molecule has 92 valence electrons. The average Bonchev–Trinajstić information content (AvgIpc) is 2.81. The molecule has 2 rings (SSSR count). The molecule has 0 saturated heterocycles. The summed E-state index contributed by atoms with van der Waals surface area (Å²) in [5.41, 5.74) is 1.48. The van der Waals surface area contributed by atoms with Crippen LogP contribution < -0.4 is 5.32 Å². The van der Waals surface area contributed by atoms with Crippen LogP contribution >= 0.6 is 11.8 Å². The quantitative estimate of drug-likeness (QED) is 0.530. The second-order valence-corrected chi connectivity index (χ2v) is 4.54. The van der Waals surface area contributed by atoms with Crippen LogP contribution in [0.15, 0.2) is 11.4 Å². The summed E-state index contributed by atoms with van der Waals surface area (Å²) in [4.78, 5) is 15.9. The van der Waals surface area contributed by atoms with E-state index in [4.69, 9.17) is 5.11 Å². The Morgan fingerprint density at radius 3 is 3.12 bits per heavy atom. The van der Waals surface area contributed by atoms with Gasteiger partial charge in [-0.25, -0.2) is 9.97 Å². The Hall–Kier alpha value is -1.34. The van der Waals surface area contributed by atoms with Crippen molar-refractivity contribution >= 4 is 28.9 Å². The first-order chi connectivity index (χ1) is 8.35. The van der Waals surface area contributed by atoms with E-state index >= 15 is 0 Å². The predicted octanol–water partition coefficient (Wildman–Crippen LogP) is 1.26. The zero-order chi connectivity index (χ0) is 12.1. The number of imidazole rings is 1. The molecule has 2 heterocycles. The van der Waals surface area contributed by atoms with E-state index in [1.54, 1.807) is 6.33 Å². The highest BCUT2D eigenvalue weighted by atomic mass is 32.2. The molecule has 0 aromatic carbocycles. The lowest BCUT2D eigenvalue weighted by Gasteiger charge is -2.05. The Labute approximate surface area is 103 Å². The minimum Gasteiger partial charge on any atom is -0.396 e. The number of H-pyrrole nitrogens is 1. The van der Waals surface area contributed by atoms with E-state index < -0.39 is 0 Å². The summed E-state index contributed by atoms with van der Waals surface area (Å²) < 4.78 is 0. The summed E-state index contributed by atoms with van der Waals surface area (Å²) in [6.07, 6.45) is 2.62. The number of nitrogens with zero attached hydrogens (tertiary/aromatic N) is 3. The van der Waals surface area contributed by atoms with Crippen molar-refractivity contribution in [3.63, 3.8) is 0 Å². The summed E-state index contributed by atoms with van der Waals surface area (Å²) >= 11 is 1.49. The Kier molecular flexibility index (Phi) is 4.16. The normalized spacial score (nSPS) is 10.9. The van der Waals surface area contributed by atoms with E-state index in [1.165, 1.54) is 11.8 Å². The van der Waals surface area contributed by atoms with Crippen molar-refractivity contribution < 1.29 is 5.11 Å². The van der Waals surface area contributed by atoms with Crippen LogP contribution in [0.1, 0.15) is 13.3 Å². The van der Waals surface area contributed by atoms with Crippen molar-refractivity contribution in [3.05, 3.63) is 6.33 Å². The molecule has 0 aliphatic heterocycles. The largest absolute Gasteiger partial charge is 0.396 e. The molecule has 0 spiro atoms. The highest BCUT2D eigenvalue weighted by molar-refractivity contribution is 7.99. The van der Waals surface area contributed by atoms with E-state index in [1.807, 2.05) is 0 Å². The number of rotatable bonds is 6. The van der Waals surface area contributed by atoms with Crippen molar-refractivity contribution in [1.82, 2.24) is 19.9 Å². The maximum absolute atomic E-state index is 8.86. The van der Waals surface area contributed by atoms with Crippen molar-refractivity contribution in [1.29, 1.82) is 0 Å². The van der Waals surface area contributed by atoms with Crippen LogP contribution in [0.25, 0.3) is 11.2 Å². The van der Waals surface area contributed by atoms with Crippen molar-refractivity contribution in [3.8, 4) is 0 Å². The van der Waals surface area contributed by atoms with Gasteiger partial charge in [0.25, 0.3) is 0 Å². The zero-order valence-electron chi connectivity index (χ0n) is 9.60. The number of anilines is 1. The summed E-state index contributed by atoms with van der Waals surface area (Å²) in [6, 6.07) is 0. The molecule has 0 fully saturated rings. The highest BCUT2D eigenvalue weighted by Crippen LogP contribution is 2.23. The molecule has 6 nitrogen and oxygen atoms in total. The lowest BCUT2D eigenvalue weighted by Crippen LogP contribution is -2.05. The summed E-state index contributed by atoms with van der Waals surface area (Å²) in [6.45, 7) is 3.05. The number of fused-ring (bicyclic) bond motifs is 1. The molecule has 0 atom stereocenters. The fourth-order valence-electron chi connectivity index (χ4n) is 1.37. The number of nitrogens with one attached hydrogen (secondary N) is 2. The van der Waals surface area contributed by atoms with Crippen LogP contribution in [0.5, 0.6) is 0 Å². The van der Waals surface area contributed by atoms with Gasteiger partial charge in [-0.05, 0) is 6.42 Å². The second-order valence-electron chi connectivity index (χ2n) is 3.45. The van der Waals surface area contributed by atoms with Crippen LogP contribution in [-0.2, 0) is 0 Å². The van der Waals surface area contributed by atoms with E-state index in [0.717, 1.165) is 23.5 Å². The number of aliphatic hydroxyl groups is 1. The summed E-state index contributed by atoms with van der Waals surface area (Å²) in [5, 5.41) is 12.8. The van der Waals surface area contributed by atoms with Gasteiger partial charge in [0.1, 0.15) is 10.5 Å². The Balaban J connectivity index is 2.29. The number of hydrogen-bond acceptors (Lipinski definition) is 6. The number of thioether (sulfide) groups is 1. The Morgan fingerprint density at radius 2 is 2.35 bits per heavy atom. The summed E-state index contributed by atoms with van der Waals surface area (Å²) in [7, 11) is 0. The second kappa shape index (κ2) is 5.83. The van der Waals surface area contributed by atoms with Gasteiger partial charge in [-0.1, -0.05) is 6.92 Å². The molecule has 0 amide bonds. The first kappa shape index (κ1) is 12.1. The van der Waals surface area contributed by atoms with Gasteiger partial charge in [-0.15, -0.1) is 11.8 Å². The third kappa shape index (κ3) is 2.86. The molecule has 17 heavy (non-hydrogen) atoms. The Bertz CT molecular complexity index is 487. The highest BCUT2D eigenvalue weighted by Gasteiger charge is 2.09. The minimum atomic E-state index is 0.127. The van der Waals surface area contributed by atoms with Crippen LogP contribution in [-0.4, -0.2) is 43.9 Å². The van der Waals surface area contributed by atoms with Crippen molar-refractivity contribution in [2.75, 3.05) is 24.2 Å². The van der Waals surface area contributed by atoms with Crippen LogP contribution in [0, 0.1) is 0 Å². The zero-order valence-corrected chi connectivity index (χ0v) is 10.4. The minimum absolute atomic E-state index is 0.127. The first-order valence-electron chi connectivity index (χ1n) is 5.53. The van der Waals surface area contributed by atoms with E-state index in [2.05, 4.69) is 32.2 Å². The standard InChI is InChI=1S/C10H15N5OS/c1-2-3-11-10-14-8-7(12-6-13-8)9(15-10)17-5-4-16/h6,16H,2-5H2,1H3,(H2,11,12,13,14,15). The number of aromatic amines is 1. The van der Waals surface area contributed by atoms with Gasteiger partial charge in [-0.3, -0.25) is 0 Å². The van der Waals surface area contributed by atoms with Crippen LogP contribution in [0.3, 0.4) is 0 Å². The fourth-order valence-corrected chi connectivity index (χ4v) is 2.10. The molecule has 3 N–H and O–H groups in total. The molecule has 0 unspecified atom stereocenters. The topological polar surface area (TPSA) is 86.7 Å². The third-order valence-corrected chi connectivity index (χ3v) is 3.07. The van der Waals surface area contributed by atoms with Crippen molar-refractivity contribution in [2.45, 2.75) is 18.4 Å². The lowest BCUT2D eigenvalue weighted by molar-refractivity contribution is 0.322. The SMILES string of the molecule is CCCNc1nc(SCCO)c2[nH]cnc2n1. The number of hydrogen-bond donors (Lipinski definition) is 3. The molecule has 0 saturated carbocycles. The van der Waals surface area contributed by atoms with E-state index in [-0.39, 0.29) is 6.61 Å². The first-order valence-corrected chi connectivity index (χ1v) is 6.52. The molecule has 2 aromatic heterocycles. The van der Waals surface area contributed by atoms with Gasteiger partial charge in [-0.2, -0.15) is 4.98 Å². The molecule has 0 aliphatic rings. The van der Waals surface area contributed by atoms with Gasteiger partial charge in [0.2, 0.25) is 5.95 Å². The molecular formula is C10H15N5OS. The van der Waals surface area contributed by atoms with Gasteiger partial charge >= 0.3 is 0 Å².